The third kappa shape index (κ3) is 4.00. The van der Waals surface area contributed by atoms with E-state index in [9.17, 15) is 4.79 Å². The summed E-state index contributed by atoms with van der Waals surface area (Å²) in [6, 6.07) is 2.04. The van der Waals surface area contributed by atoms with Gasteiger partial charge in [0, 0.05) is 44.8 Å². The highest BCUT2D eigenvalue weighted by Crippen LogP contribution is 2.20. The lowest BCUT2D eigenvalue weighted by Gasteiger charge is -2.24. The first-order valence-corrected chi connectivity index (χ1v) is 8.84. The quantitative estimate of drug-likeness (QED) is 0.810. The van der Waals surface area contributed by atoms with Crippen LogP contribution in [-0.4, -0.2) is 63.8 Å². The topological polar surface area (TPSA) is 63.5 Å². The Morgan fingerprint density at radius 1 is 1.46 bits per heavy atom. The molecule has 0 aromatic carbocycles. The highest BCUT2D eigenvalue weighted by Gasteiger charge is 2.24. The second-order valence-corrected chi connectivity index (χ2v) is 7.20. The van der Waals surface area contributed by atoms with Crippen LogP contribution in [0.15, 0.2) is 17.8 Å². The molecule has 1 aliphatic rings. The van der Waals surface area contributed by atoms with Gasteiger partial charge in [-0.25, -0.2) is 4.98 Å². The van der Waals surface area contributed by atoms with Crippen LogP contribution in [-0.2, 0) is 29.2 Å². The van der Waals surface area contributed by atoms with Crippen molar-refractivity contribution in [2.24, 2.45) is 0 Å². The number of ether oxygens (including phenoxy) is 1. The fourth-order valence-corrected chi connectivity index (χ4v) is 3.53. The van der Waals surface area contributed by atoms with E-state index in [1.54, 1.807) is 30.3 Å². The van der Waals surface area contributed by atoms with E-state index < -0.39 is 0 Å². The van der Waals surface area contributed by atoms with Crippen molar-refractivity contribution in [3.63, 3.8) is 0 Å². The fourth-order valence-electron chi connectivity index (χ4n) is 2.72. The Bertz CT molecular complexity index is 696. The Morgan fingerprint density at radius 3 is 3.00 bits per heavy atom. The molecule has 0 N–H and O–H groups in total. The molecular formula is C16H23N5O2S. The van der Waals surface area contributed by atoms with Gasteiger partial charge in [-0.15, -0.1) is 11.3 Å². The number of fused-ring (bicyclic) bond motifs is 1. The number of aryl methyl sites for hydroxylation is 1. The number of hydrogen-bond acceptors (Lipinski definition) is 6. The van der Waals surface area contributed by atoms with Crippen LogP contribution < -0.4 is 0 Å². The third-order valence-corrected chi connectivity index (χ3v) is 5.10. The maximum absolute atomic E-state index is 11.8. The lowest BCUT2D eigenvalue weighted by molar-refractivity contribution is -0.136. The van der Waals surface area contributed by atoms with E-state index in [0.717, 1.165) is 25.3 Å². The zero-order valence-corrected chi connectivity index (χ0v) is 15.1. The molecule has 7 nitrogen and oxygen atoms in total. The van der Waals surface area contributed by atoms with Crippen LogP contribution in [0.2, 0.25) is 0 Å². The molecule has 1 atom stereocenters. The summed E-state index contributed by atoms with van der Waals surface area (Å²) < 4.78 is 7.86. The van der Waals surface area contributed by atoms with Gasteiger partial charge in [-0.2, -0.15) is 5.10 Å². The maximum atomic E-state index is 11.8. The van der Waals surface area contributed by atoms with Crippen molar-refractivity contribution in [1.29, 1.82) is 0 Å². The summed E-state index contributed by atoms with van der Waals surface area (Å²) in [6.07, 6.45) is 1.75. The molecule has 0 saturated carbocycles. The van der Waals surface area contributed by atoms with Gasteiger partial charge in [0.2, 0.25) is 5.91 Å². The Labute approximate surface area is 145 Å². The summed E-state index contributed by atoms with van der Waals surface area (Å²) in [7, 11) is 3.48. The number of nitrogens with zero attached hydrogens (tertiary/aromatic N) is 5. The molecule has 0 saturated heterocycles. The van der Waals surface area contributed by atoms with Crippen molar-refractivity contribution in [1.82, 2.24) is 24.6 Å². The first kappa shape index (κ1) is 17.1. The first-order chi connectivity index (χ1) is 11.5. The summed E-state index contributed by atoms with van der Waals surface area (Å²) in [5.41, 5.74) is 4.14. The first-order valence-electron chi connectivity index (χ1n) is 7.96. The van der Waals surface area contributed by atoms with Crippen LogP contribution in [0, 0.1) is 6.92 Å². The molecule has 3 rings (SSSR count). The molecule has 1 amide bonds. The van der Waals surface area contributed by atoms with E-state index >= 15 is 0 Å². The standard InChI is InChI=1S/C16H23N5O2S/c1-12-15(24-11-17-12)9-20-6-13-4-5-18-21(13)8-14(7-20)23-10-16(22)19(2)3/h4-5,11,14H,6-10H2,1-3H3. The molecule has 1 aliphatic heterocycles. The molecule has 0 radical (unpaired) electrons. The van der Waals surface area contributed by atoms with Crippen molar-refractivity contribution in [3.05, 3.63) is 34.0 Å². The Balaban J connectivity index is 1.70. The minimum Gasteiger partial charge on any atom is -0.365 e. The molecule has 0 aliphatic carbocycles. The molecule has 2 aromatic heterocycles. The molecule has 0 spiro atoms. The van der Waals surface area contributed by atoms with Crippen molar-refractivity contribution < 1.29 is 9.53 Å². The average molecular weight is 349 g/mol. The highest BCUT2D eigenvalue weighted by atomic mass is 32.1. The second-order valence-electron chi connectivity index (χ2n) is 6.26. The normalized spacial score (nSPS) is 18.2. The predicted octanol–water partition coefficient (Wildman–Crippen LogP) is 1.14. The van der Waals surface area contributed by atoms with Crippen molar-refractivity contribution in [2.75, 3.05) is 27.2 Å². The predicted molar refractivity (Wildman–Crippen MR) is 91.6 cm³/mol. The van der Waals surface area contributed by atoms with Gasteiger partial charge in [-0.3, -0.25) is 14.4 Å². The molecule has 0 fully saturated rings. The number of aromatic nitrogens is 3. The highest BCUT2D eigenvalue weighted by molar-refractivity contribution is 7.09. The zero-order chi connectivity index (χ0) is 17.1. The van der Waals surface area contributed by atoms with Crippen LogP contribution in [0.1, 0.15) is 16.3 Å². The molecular weight excluding hydrogens is 326 g/mol. The summed E-state index contributed by atoms with van der Waals surface area (Å²) in [4.78, 5) is 21.3. The van der Waals surface area contributed by atoms with Crippen LogP contribution in [0.3, 0.4) is 0 Å². The van der Waals surface area contributed by atoms with E-state index in [0.29, 0.717) is 6.54 Å². The lowest BCUT2D eigenvalue weighted by Crippen LogP contribution is -2.36. The SMILES string of the molecule is Cc1ncsc1CN1Cc2ccnn2CC(OCC(=O)N(C)C)C1. The summed E-state index contributed by atoms with van der Waals surface area (Å²) in [5, 5.41) is 4.38. The van der Waals surface area contributed by atoms with Crippen LogP contribution in [0.25, 0.3) is 0 Å². The Morgan fingerprint density at radius 2 is 2.29 bits per heavy atom. The van der Waals surface area contributed by atoms with Gasteiger partial charge in [-0.1, -0.05) is 0 Å². The maximum Gasteiger partial charge on any atom is 0.248 e. The van der Waals surface area contributed by atoms with Crippen LogP contribution in [0.4, 0.5) is 0 Å². The average Bonchev–Trinajstić information content (AvgIpc) is 3.10. The number of carbonyl (C=O) groups excluding carboxylic acids is 1. The number of hydrogen-bond donors (Lipinski definition) is 0. The summed E-state index contributed by atoms with van der Waals surface area (Å²) in [5.74, 6) is -0.0233. The minimum absolute atomic E-state index is 0.0233. The van der Waals surface area contributed by atoms with Crippen molar-refractivity contribution in [2.45, 2.75) is 32.7 Å². The molecule has 1 unspecified atom stereocenters. The second kappa shape index (κ2) is 7.42. The number of rotatable bonds is 5. The van der Waals surface area contributed by atoms with E-state index in [4.69, 9.17) is 4.74 Å². The molecule has 130 valence electrons. The van der Waals surface area contributed by atoms with Gasteiger partial charge >= 0.3 is 0 Å². The van der Waals surface area contributed by atoms with Gasteiger partial charge in [-0.05, 0) is 13.0 Å². The molecule has 3 heterocycles. The number of likely N-dealkylation sites (N-methyl/N-ethyl adjacent to an activating group) is 1. The largest absolute Gasteiger partial charge is 0.365 e. The smallest absolute Gasteiger partial charge is 0.248 e. The van der Waals surface area contributed by atoms with Crippen LogP contribution >= 0.6 is 11.3 Å². The summed E-state index contributed by atoms with van der Waals surface area (Å²) >= 11 is 1.68. The van der Waals surface area contributed by atoms with Gasteiger partial charge in [0.05, 0.1) is 29.5 Å². The molecule has 24 heavy (non-hydrogen) atoms. The van der Waals surface area contributed by atoms with Gasteiger partial charge in [0.1, 0.15) is 6.61 Å². The van der Waals surface area contributed by atoms with E-state index in [2.05, 4.69) is 15.0 Å². The minimum atomic E-state index is -0.0664. The van der Waals surface area contributed by atoms with Gasteiger partial charge in [0.15, 0.2) is 0 Å². The molecule has 8 heteroatoms. The molecule has 0 bridgehead atoms. The van der Waals surface area contributed by atoms with E-state index in [1.165, 1.54) is 10.6 Å². The van der Waals surface area contributed by atoms with Gasteiger partial charge < -0.3 is 9.64 Å². The van der Waals surface area contributed by atoms with E-state index in [1.807, 2.05) is 29.4 Å². The summed E-state index contributed by atoms with van der Waals surface area (Å²) in [6.45, 7) is 5.23. The molecule has 2 aromatic rings. The number of thiazole rings is 1. The van der Waals surface area contributed by atoms with E-state index in [-0.39, 0.29) is 18.6 Å². The number of amides is 1. The van der Waals surface area contributed by atoms with Crippen molar-refractivity contribution >= 4 is 17.2 Å². The Kier molecular flexibility index (Phi) is 5.27. The van der Waals surface area contributed by atoms with Crippen molar-refractivity contribution in [3.8, 4) is 0 Å². The third-order valence-electron chi connectivity index (χ3n) is 4.18. The van der Waals surface area contributed by atoms with Gasteiger partial charge in [0.25, 0.3) is 0 Å². The lowest BCUT2D eigenvalue weighted by atomic mass is 10.3. The Hall–Kier alpha value is -1.77. The van der Waals surface area contributed by atoms with Crippen LogP contribution in [0.5, 0.6) is 0 Å². The zero-order valence-electron chi connectivity index (χ0n) is 14.3. The monoisotopic (exact) mass is 349 g/mol. The fraction of sp³-hybridized carbons (Fsp3) is 0.562. The number of carbonyl (C=O) groups is 1.